The maximum Gasteiger partial charge on any atom is 0.0956 e. The molecular formula is C19H26N2OS. The number of nitrogens with zero attached hydrogens (tertiary/aromatic N) is 2. The number of ether oxygens (including phenoxy) is 1. The third-order valence-electron chi connectivity index (χ3n) is 4.48. The first-order valence-corrected chi connectivity index (χ1v) is 9.20. The molecule has 1 aromatic carbocycles. The molecule has 1 aliphatic heterocycles. The fourth-order valence-electron chi connectivity index (χ4n) is 3.13. The number of benzene rings is 1. The van der Waals surface area contributed by atoms with Gasteiger partial charge in [0.15, 0.2) is 0 Å². The van der Waals surface area contributed by atoms with Gasteiger partial charge in [0.1, 0.15) is 0 Å². The summed E-state index contributed by atoms with van der Waals surface area (Å²) in [5.41, 5.74) is 2.46. The quantitative estimate of drug-likeness (QED) is 0.833. The van der Waals surface area contributed by atoms with E-state index >= 15 is 0 Å². The molecular weight excluding hydrogens is 304 g/mol. The van der Waals surface area contributed by atoms with E-state index in [4.69, 9.17) is 4.74 Å². The summed E-state index contributed by atoms with van der Waals surface area (Å²) in [6.07, 6.45) is 0.440. The van der Waals surface area contributed by atoms with Crippen molar-refractivity contribution >= 4 is 11.3 Å². The zero-order valence-corrected chi connectivity index (χ0v) is 15.3. The van der Waals surface area contributed by atoms with Crippen LogP contribution in [0.2, 0.25) is 0 Å². The molecule has 0 radical (unpaired) electrons. The van der Waals surface area contributed by atoms with E-state index in [0.717, 1.165) is 24.6 Å². The van der Waals surface area contributed by atoms with Gasteiger partial charge in [-0.2, -0.15) is 0 Å². The highest BCUT2D eigenvalue weighted by atomic mass is 32.1. The van der Waals surface area contributed by atoms with Crippen LogP contribution in [0.1, 0.15) is 41.1 Å². The standard InChI is InChI=1S/C19H26N2OS/c1-13(2)17-10-21(12-19-14(3)20-15(4)23-19)11-18(22-17)16-8-6-5-7-9-16/h5-9,13,17-18H,10-12H2,1-4H3/t17-,18+/m1/s1. The maximum absolute atomic E-state index is 6.38. The van der Waals surface area contributed by atoms with Crippen molar-refractivity contribution in [2.75, 3.05) is 13.1 Å². The molecule has 23 heavy (non-hydrogen) atoms. The van der Waals surface area contributed by atoms with Crippen molar-refractivity contribution in [2.24, 2.45) is 5.92 Å². The summed E-state index contributed by atoms with van der Waals surface area (Å²) in [7, 11) is 0. The number of rotatable bonds is 4. The Kier molecular flexibility index (Phi) is 5.14. The fraction of sp³-hybridized carbons (Fsp3) is 0.526. The molecule has 0 saturated carbocycles. The molecule has 0 N–H and O–H groups in total. The highest BCUT2D eigenvalue weighted by Gasteiger charge is 2.31. The summed E-state index contributed by atoms with van der Waals surface area (Å²) >= 11 is 1.82. The molecule has 124 valence electrons. The second-order valence-electron chi connectivity index (χ2n) is 6.75. The van der Waals surface area contributed by atoms with Crippen LogP contribution >= 0.6 is 11.3 Å². The van der Waals surface area contributed by atoms with E-state index in [1.807, 2.05) is 11.3 Å². The summed E-state index contributed by atoms with van der Waals surface area (Å²) in [6.45, 7) is 11.6. The van der Waals surface area contributed by atoms with E-state index in [2.05, 4.69) is 67.9 Å². The number of aromatic nitrogens is 1. The molecule has 1 fully saturated rings. The van der Waals surface area contributed by atoms with Crippen molar-refractivity contribution in [1.29, 1.82) is 0 Å². The highest BCUT2D eigenvalue weighted by Crippen LogP contribution is 2.30. The van der Waals surface area contributed by atoms with Crippen molar-refractivity contribution in [3.8, 4) is 0 Å². The number of hydrogen-bond donors (Lipinski definition) is 0. The molecule has 0 amide bonds. The first-order valence-electron chi connectivity index (χ1n) is 8.38. The van der Waals surface area contributed by atoms with Crippen LogP contribution in [0.4, 0.5) is 0 Å². The van der Waals surface area contributed by atoms with Crippen LogP contribution in [0.3, 0.4) is 0 Å². The van der Waals surface area contributed by atoms with Crippen LogP contribution in [0.5, 0.6) is 0 Å². The largest absolute Gasteiger partial charge is 0.367 e. The average molecular weight is 330 g/mol. The number of thiazole rings is 1. The molecule has 0 aliphatic carbocycles. The summed E-state index contributed by atoms with van der Waals surface area (Å²) in [6, 6.07) is 10.6. The van der Waals surface area contributed by atoms with Gasteiger partial charge in [-0.1, -0.05) is 44.2 Å². The van der Waals surface area contributed by atoms with E-state index in [1.54, 1.807) is 0 Å². The summed E-state index contributed by atoms with van der Waals surface area (Å²) in [4.78, 5) is 8.49. The van der Waals surface area contributed by atoms with Crippen molar-refractivity contribution in [2.45, 2.75) is 46.4 Å². The van der Waals surface area contributed by atoms with Crippen LogP contribution in [-0.2, 0) is 11.3 Å². The molecule has 0 unspecified atom stereocenters. The molecule has 1 saturated heterocycles. The molecule has 3 nitrogen and oxygen atoms in total. The molecule has 2 atom stereocenters. The number of hydrogen-bond acceptors (Lipinski definition) is 4. The molecule has 2 aromatic rings. The summed E-state index contributed by atoms with van der Waals surface area (Å²) in [5, 5.41) is 1.16. The Morgan fingerprint density at radius 2 is 1.96 bits per heavy atom. The van der Waals surface area contributed by atoms with Gasteiger partial charge in [0.05, 0.1) is 22.9 Å². The van der Waals surface area contributed by atoms with Crippen molar-refractivity contribution in [3.63, 3.8) is 0 Å². The third-order valence-corrected chi connectivity index (χ3v) is 5.54. The van der Waals surface area contributed by atoms with E-state index in [0.29, 0.717) is 5.92 Å². The minimum atomic E-state index is 0.159. The third kappa shape index (κ3) is 4.00. The molecule has 2 heterocycles. The van der Waals surface area contributed by atoms with E-state index in [-0.39, 0.29) is 12.2 Å². The minimum Gasteiger partial charge on any atom is -0.367 e. The lowest BCUT2D eigenvalue weighted by Gasteiger charge is -2.40. The van der Waals surface area contributed by atoms with Crippen LogP contribution in [0.15, 0.2) is 30.3 Å². The predicted octanol–water partition coefficient (Wildman–Crippen LogP) is 4.36. The lowest BCUT2D eigenvalue weighted by atomic mass is 10.0. The zero-order valence-electron chi connectivity index (χ0n) is 14.5. The Hall–Kier alpha value is -1.23. The van der Waals surface area contributed by atoms with Gasteiger partial charge >= 0.3 is 0 Å². The van der Waals surface area contributed by atoms with Crippen molar-refractivity contribution in [3.05, 3.63) is 51.5 Å². The molecule has 1 aromatic heterocycles. The Balaban J connectivity index is 1.78. The van der Waals surface area contributed by atoms with Crippen LogP contribution in [0, 0.1) is 19.8 Å². The van der Waals surface area contributed by atoms with E-state index in [1.165, 1.54) is 16.1 Å². The Bertz CT molecular complexity index is 638. The summed E-state index contributed by atoms with van der Waals surface area (Å²) < 4.78 is 6.38. The van der Waals surface area contributed by atoms with Gasteiger partial charge in [0.25, 0.3) is 0 Å². The van der Waals surface area contributed by atoms with Crippen LogP contribution < -0.4 is 0 Å². The van der Waals surface area contributed by atoms with E-state index in [9.17, 15) is 0 Å². The van der Waals surface area contributed by atoms with E-state index < -0.39 is 0 Å². The second-order valence-corrected chi connectivity index (χ2v) is 8.04. The number of morpholine rings is 1. The van der Waals surface area contributed by atoms with Gasteiger partial charge in [-0.25, -0.2) is 4.98 Å². The van der Waals surface area contributed by atoms with Crippen LogP contribution in [0.25, 0.3) is 0 Å². The van der Waals surface area contributed by atoms with Crippen molar-refractivity contribution in [1.82, 2.24) is 9.88 Å². The van der Waals surface area contributed by atoms with Gasteiger partial charge in [0, 0.05) is 24.5 Å². The van der Waals surface area contributed by atoms with Gasteiger partial charge in [-0.05, 0) is 25.3 Å². The smallest absolute Gasteiger partial charge is 0.0956 e. The summed E-state index contributed by atoms with van der Waals surface area (Å²) in [5.74, 6) is 0.522. The first kappa shape index (κ1) is 16.6. The average Bonchev–Trinajstić information content (AvgIpc) is 2.85. The molecule has 1 aliphatic rings. The Labute approximate surface area is 143 Å². The Morgan fingerprint density at radius 1 is 1.22 bits per heavy atom. The molecule has 4 heteroatoms. The zero-order chi connectivity index (χ0) is 16.4. The topological polar surface area (TPSA) is 25.4 Å². The Morgan fingerprint density at radius 3 is 2.57 bits per heavy atom. The number of aryl methyl sites for hydroxylation is 2. The SMILES string of the molecule is Cc1nc(C)c(CN2C[C@@H](c3ccccc3)O[C@@H](C(C)C)C2)s1. The van der Waals surface area contributed by atoms with Gasteiger partial charge in [-0.3, -0.25) is 4.90 Å². The monoisotopic (exact) mass is 330 g/mol. The maximum atomic E-state index is 6.38. The second kappa shape index (κ2) is 7.12. The molecule has 0 spiro atoms. The highest BCUT2D eigenvalue weighted by molar-refractivity contribution is 7.11. The lowest BCUT2D eigenvalue weighted by molar-refractivity contribution is -0.107. The van der Waals surface area contributed by atoms with Crippen LogP contribution in [-0.4, -0.2) is 29.1 Å². The fourth-order valence-corrected chi connectivity index (χ4v) is 4.11. The van der Waals surface area contributed by atoms with Gasteiger partial charge < -0.3 is 4.74 Å². The normalized spacial score (nSPS) is 22.7. The lowest BCUT2D eigenvalue weighted by Crippen LogP contribution is -2.45. The van der Waals surface area contributed by atoms with Gasteiger partial charge in [-0.15, -0.1) is 11.3 Å². The minimum absolute atomic E-state index is 0.159. The van der Waals surface area contributed by atoms with Crippen molar-refractivity contribution < 1.29 is 4.74 Å². The first-order chi connectivity index (χ1) is 11.0. The molecule has 0 bridgehead atoms. The predicted molar refractivity (Wildman–Crippen MR) is 95.8 cm³/mol. The van der Waals surface area contributed by atoms with Gasteiger partial charge in [0.2, 0.25) is 0 Å². The molecule has 3 rings (SSSR count).